The zero-order valence-electron chi connectivity index (χ0n) is 17.8. The van der Waals surface area contributed by atoms with Crippen molar-refractivity contribution in [2.45, 2.75) is 6.61 Å². The molecule has 34 heavy (non-hydrogen) atoms. The molecule has 0 unspecified atom stereocenters. The van der Waals surface area contributed by atoms with Gasteiger partial charge in [-0.1, -0.05) is 70.5 Å². The molecule has 4 nitrogen and oxygen atoms in total. The van der Waals surface area contributed by atoms with Crippen molar-refractivity contribution in [1.29, 1.82) is 0 Å². The molecule has 0 bridgehead atoms. The Morgan fingerprint density at radius 2 is 1.74 bits per heavy atom. The van der Waals surface area contributed by atoms with Crippen molar-refractivity contribution in [3.05, 3.63) is 111 Å². The molecule has 7 heteroatoms. The van der Waals surface area contributed by atoms with Crippen LogP contribution < -0.4 is 10.1 Å². The summed E-state index contributed by atoms with van der Waals surface area (Å²) in [6.45, 7) is 0.390. The highest BCUT2D eigenvalue weighted by Gasteiger charge is 2.25. The van der Waals surface area contributed by atoms with E-state index in [1.807, 2.05) is 66.7 Å². The van der Waals surface area contributed by atoms with Crippen molar-refractivity contribution in [2.24, 2.45) is 4.99 Å². The molecule has 1 heterocycles. The van der Waals surface area contributed by atoms with Crippen LogP contribution >= 0.6 is 27.7 Å². The molecule has 0 atom stereocenters. The van der Waals surface area contributed by atoms with Gasteiger partial charge in [0.1, 0.15) is 23.9 Å². The smallest absolute Gasteiger partial charge is 0.264 e. The molecule has 1 saturated heterocycles. The average Bonchev–Trinajstić information content (AvgIpc) is 3.19. The number of hydrogen-bond acceptors (Lipinski definition) is 4. The Balaban J connectivity index is 1.49. The Hall–Kier alpha value is -3.42. The van der Waals surface area contributed by atoms with E-state index in [-0.39, 0.29) is 11.6 Å². The number of amidine groups is 1. The molecular formula is C27H18BrFN2O2S. The van der Waals surface area contributed by atoms with Crippen molar-refractivity contribution in [3.63, 3.8) is 0 Å². The summed E-state index contributed by atoms with van der Waals surface area (Å²) in [4.78, 5) is 17.4. The highest BCUT2D eigenvalue weighted by atomic mass is 79.9. The first-order valence-corrected chi connectivity index (χ1v) is 12.1. The monoisotopic (exact) mass is 532 g/mol. The van der Waals surface area contributed by atoms with Gasteiger partial charge in [-0.15, -0.1) is 0 Å². The molecule has 1 aliphatic rings. The quantitative estimate of drug-likeness (QED) is 0.276. The van der Waals surface area contributed by atoms with Crippen LogP contribution in [-0.4, -0.2) is 11.1 Å². The topological polar surface area (TPSA) is 50.7 Å². The van der Waals surface area contributed by atoms with E-state index in [1.54, 1.807) is 18.2 Å². The summed E-state index contributed by atoms with van der Waals surface area (Å²) in [6.07, 6.45) is 1.81. The number of halogens is 2. The number of hydrogen-bond donors (Lipinski definition) is 1. The van der Waals surface area contributed by atoms with Crippen LogP contribution in [0.4, 0.5) is 10.1 Å². The maximum absolute atomic E-state index is 14.0. The first-order valence-electron chi connectivity index (χ1n) is 10.5. The minimum Gasteiger partial charge on any atom is -0.488 e. The number of carbonyl (C=O) groups is 1. The molecule has 1 amide bonds. The van der Waals surface area contributed by atoms with Crippen LogP contribution in [0.1, 0.15) is 11.1 Å². The number of nitrogens with one attached hydrogen (secondary N) is 1. The Kier molecular flexibility index (Phi) is 6.47. The van der Waals surface area contributed by atoms with Crippen LogP contribution in [0.25, 0.3) is 16.8 Å². The molecule has 0 saturated carbocycles. The average molecular weight is 533 g/mol. The van der Waals surface area contributed by atoms with E-state index in [2.05, 4.69) is 26.2 Å². The Labute approximate surface area is 208 Å². The predicted octanol–water partition coefficient (Wildman–Crippen LogP) is 7.21. The Morgan fingerprint density at radius 1 is 0.971 bits per heavy atom. The molecule has 4 aromatic rings. The normalized spacial score (nSPS) is 15.8. The second-order valence-corrected chi connectivity index (χ2v) is 9.49. The third-order valence-corrected chi connectivity index (χ3v) is 6.68. The lowest BCUT2D eigenvalue weighted by molar-refractivity contribution is -0.115. The maximum Gasteiger partial charge on any atom is 0.264 e. The van der Waals surface area contributed by atoms with Gasteiger partial charge in [-0.3, -0.25) is 4.79 Å². The number of para-hydroxylation sites is 1. The van der Waals surface area contributed by atoms with E-state index in [4.69, 9.17) is 4.74 Å². The number of amides is 1. The van der Waals surface area contributed by atoms with Crippen molar-refractivity contribution in [3.8, 4) is 5.75 Å². The van der Waals surface area contributed by atoms with E-state index in [1.165, 1.54) is 17.8 Å². The molecule has 0 radical (unpaired) electrons. The lowest BCUT2D eigenvalue weighted by atomic mass is 10.0. The largest absolute Gasteiger partial charge is 0.488 e. The summed E-state index contributed by atoms with van der Waals surface area (Å²) in [6, 6.07) is 26.0. The number of rotatable bonds is 5. The lowest BCUT2D eigenvalue weighted by Crippen LogP contribution is -2.19. The van der Waals surface area contributed by atoms with Crippen LogP contribution in [0.5, 0.6) is 5.75 Å². The molecule has 0 spiro atoms. The van der Waals surface area contributed by atoms with Gasteiger partial charge in [-0.2, -0.15) is 0 Å². The zero-order chi connectivity index (χ0) is 23.5. The number of fused-ring (bicyclic) bond motifs is 1. The highest BCUT2D eigenvalue weighted by Crippen LogP contribution is 2.35. The van der Waals surface area contributed by atoms with Crippen LogP contribution in [-0.2, 0) is 11.4 Å². The molecule has 1 aliphatic heterocycles. The Morgan fingerprint density at radius 3 is 2.56 bits per heavy atom. The van der Waals surface area contributed by atoms with Gasteiger partial charge >= 0.3 is 0 Å². The maximum atomic E-state index is 14.0. The molecule has 1 fully saturated rings. The molecule has 0 aliphatic carbocycles. The van der Waals surface area contributed by atoms with Crippen molar-refractivity contribution in [1.82, 2.24) is 5.32 Å². The van der Waals surface area contributed by atoms with Gasteiger partial charge in [0.25, 0.3) is 5.91 Å². The van der Waals surface area contributed by atoms with Gasteiger partial charge in [0.05, 0.1) is 4.91 Å². The molecule has 0 aromatic heterocycles. The minimum absolute atomic E-state index is 0.176. The fourth-order valence-corrected chi connectivity index (χ4v) is 4.64. The fourth-order valence-electron chi connectivity index (χ4n) is 3.56. The number of carbonyl (C=O) groups excluding carboxylic acids is 1. The minimum atomic E-state index is -0.444. The Bertz CT molecular complexity index is 1450. The van der Waals surface area contributed by atoms with Gasteiger partial charge in [0, 0.05) is 10.0 Å². The summed E-state index contributed by atoms with van der Waals surface area (Å²) in [7, 11) is 0. The number of benzene rings is 4. The molecular weight excluding hydrogens is 515 g/mol. The summed E-state index contributed by atoms with van der Waals surface area (Å²) < 4.78 is 21.2. The van der Waals surface area contributed by atoms with E-state index in [9.17, 15) is 9.18 Å². The fraction of sp³-hybridized carbons (Fsp3) is 0.0370. The first kappa shape index (κ1) is 22.4. The second kappa shape index (κ2) is 9.83. The number of thioether (sulfide) groups is 1. The molecule has 1 N–H and O–H groups in total. The predicted molar refractivity (Wildman–Crippen MR) is 140 cm³/mol. The summed E-state index contributed by atoms with van der Waals surface area (Å²) in [5, 5.41) is 5.06. The third-order valence-electron chi connectivity index (χ3n) is 5.24. The van der Waals surface area contributed by atoms with E-state index < -0.39 is 5.82 Å². The molecule has 168 valence electrons. The summed E-state index contributed by atoms with van der Waals surface area (Å²) >= 11 is 4.62. The van der Waals surface area contributed by atoms with Crippen LogP contribution in [0, 0.1) is 5.82 Å². The molecule has 4 aromatic carbocycles. The standard InChI is InChI=1S/C27H18BrFN2O2S/c28-19-12-9-17(10-13-19)16-33-24-14-11-18-5-1-2-6-20(18)21(24)15-25-26(32)31-27(34-25)30-23-8-4-3-7-22(23)29/h1-15H,16H2,(H,30,31,32)/b25-15-. The van der Waals surface area contributed by atoms with Crippen molar-refractivity contribution < 1.29 is 13.9 Å². The third kappa shape index (κ3) is 4.90. The highest BCUT2D eigenvalue weighted by molar-refractivity contribution is 9.10. The second-order valence-electron chi connectivity index (χ2n) is 7.55. The lowest BCUT2D eigenvalue weighted by Gasteiger charge is -2.13. The van der Waals surface area contributed by atoms with E-state index in [0.29, 0.717) is 22.4 Å². The first-order chi connectivity index (χ1) is 16.6. The number of ether oxygens (including phenoxy) is 1. The SMILES string of the molecule is O=C1NC(=Nc2ccccc2F)S/C1=C\c1c(OCc2ccc(Br)cc2)ccc2ccccc12. The van der Waals surface area contributed by atoms with Gasteiger partial charge < -0.3 is 10.1 Å². The summed E-state index contributed by atoms with van der Waals surface area (Å²) in [5.41, 5.74) is 2.01. The van der Waals surface area contributed by atoms with E-state index >= 15 is 0 Å². The summed E-state index contributed by atoms with van der Waals surface area (Å²) in [5.74, 6) is -0.0612. The zero-order valence-corrected chi connectivity index (χ0v) is 20.2. The van der Waals surface area contributed by atoms with Crippen LogP contribution in [0.2, 0.25) is 0 Å². The van der Waals surface area contributed by atoms with Crippen LogP contribution in [0.15, 0.2) is 99.3 Å². The van der Waals surface area contributed by atoms with Gasteiger partial charge in [0.15, 0.2) is 5.17 Å². The van der Waals surface area contributed by atoms with Crippen LogP contribution in [0.3, 0.4) is 0 Å². The van der Waals surface area contributed by atoms with Crippen molar-refractivity contribution in [2.75, 3.05) is 0 Å². The van der Waals surface area contributed by atoms with Gasteiger partial charge in [-0.25, -0.2) is 9.38 Å². The van der Waals surface area contributed by atoms with E-state index in [0.717, 1.165) is 26.4 Å². The molecule has 5 rings (SSSR count). The van der Waals surface area contributed by atoms with Gasteiger partial charge in [-0.05, 0) is 64.5 Å². The van der Waals surface area contributed by atoms with Gasteiger partial charge in [0.2, 0.25) is 0 Å². The van der Waals surface area contributed by atoms with Crippen molar-refractivity contribution >= 4 is 61.3 Å². The number of nitrogens with zero attached hydrogens (tertiary/aromatic N) is 1. The number of aliphatic imine (C=N–C) groups is 1.